The highest BCUT2D eigenvalue weighted by atomic mass is 16.4. The molecule has 1 aliphatic rings. The number of aliphatic hydroxyl groups is 1. The van der Waals surface area contributed by atoms with Crippen LogP contribution in [-0.2, 0) is 4.79 Å². The van der Waals surface area contributed by atoms with Crippen molar-refractivity contribution in [3.8, 4) is 0 Å². The van der Waals surface area contributed by atoms with Crippen molar-refractivity contribution in [3.05, 3.63) is 6.10 Å². The lowest BCUT2D eigenvalue weighted by atomic mass is 9.87. The molecule has 0 heterocycles. The van der Waals surface area contributed by atoms with E-state index in [9.17, 15) is 4.79 Å². The van der Waals surface area contributed by atoms with E-state index in [1.807, 2.05) is 0 Å². The van der Waals surface area contributed by atoms with Crippen LogP contribution in [0.5, 0.6) is 0 Å². The highest BCUT2D eigenvalue weighted by Crippen LogP contribution is 2.29. The summed E-state index contributed by atoms with van der Waals surface area (Å²) in [5.74, 6) is -1.48. The highest BCUT2D eigenvalue weighted by Gasteiger charge is 2.29. The van der Waals surface area contributed by atoms with Crippen molar-refractivity contribution in [2.75, 3.05) is 0 Å². The van der Waals surface area contributed by atoms with Gasteiger partial charge < -0.3 is 10.2 Å². The van der Waals surface area contributed by atoms with Crippen molar-refractivity contribution in [3.63, 3.8) is 0 Å². The van der Waals surface area contributed by atoms with Crippen LogP contribution in [-0.4, -0.2) is 16.2 Å². The van der Waals surface area contributed by atoms with Gasteiger partial charge in [-0.2, -0.15) is 0 Å². The fourth-order valence-corrected chi connectivity index (χ4v) is 1.26. The summed E-state index contributed by atoms with van der Waals surface area (Å²) < 4.78 is 0. The number of aliphatic hydroxyl groups excluding tert-OH is 1. The van der Waals surface area contributed by atoms with Crippen molar-refractivity contribution in [1.29, 1.82) is 0 Å². The largest absolute Gasteiger partial charge is 0.481 e. The molecule has 1 saturated carbocycles. The van der Waals surface area contributed by atoms with Gasteiger partial charge in [0.15, 0.2) is 0 Å². The predicted octanol–water partition coefficient (Wildman–Crippen LogP) is 1.17. The molecule has 1 unspecified atom stereocenters. The van der Waals surface area contributed by atoms with Crippen LogP contribution in [0.2, 0.25) is 0 Å². The van der Waals surface area contributed by atoms with Crippen molar-refractivity contribution in [1.82, 2.24) is 0 Å². The molecule has 1 rings (SSSR count). The predicted molar refractivity (Wildman–Crippen MR) is 34.8 cm³/mol. The van der Waals surface area contributed by atoms with Gasteiger partial charge in [0.1, 0.15) is 6.10 Å². The molecule has 0 aromatic heterocycles. The lowest BCUT2D eigenvalue weighted by Crippen LogP contribution is -2.24. The Morgan fingerprint density at radius 3 is 2.60 bits per heavy atom. The quantitative estimate of drug-likeness (QED) is 0.579. The van der Waals surface area contributed by atoms with E-state index in [1.165, 1.54) is 0 Å². The third-order valence-corrected chi connectivity index (χ3v) is 1.88. The Bertz CT molecular complexity index is 133. The summed E-state index contributed by atoms with van der Waals surface area (Å²) in [6.07, 6.45) is 3.16. The minimum atomic E-state index is -0.891. The Kier molecular flexibility index (Phi) is 2.27. The van der Waals surface area contributed by atoms with E-state index in [0.717, 1.165) is 12.8 Å². The molecule has 1 fully saturated rings. The topological polar surface area (TPSA) is 57.5 Å². The molecule has 2 N–H and O–H groups in total. The summed E-state index contributed by atoms with van der Waals surface area (Å²) in [5, 5.41) is 17.6. The van der Waals surface area contributed by atoms with Crippen LogP contribution in [0.3, 0.4) is 0 Å². The summed E-state index contributed by atoms with van der Waals surface area (Å²) in [5.41, 5.74) is 0. The smallest absolute Gasteiger partial charge is 0.309 e. The molecule has 0 amide bonds. The van der Waals surface area contributed by atoms with E-state index in [0.29, 0.717) is 12.8 Å². The molecular weight excluding hydrogens is 132 g/mol. The summed E-state index contributed by atoms with van der Waals surface area (Å²) in [6, 6.07) is 0. The maximum atomic E-state index is 10.4. The second-order valence-corrected chi connectivity index (χ2v) is 2.63. The first-order chi connectivity index (χ1) is 4.72. The average Bonchev–Trinajstić information content (AvgIpc) is 1.88. The first-order valence-electron chi connectivity index (χ1n) is 3.49. The zero-order chi connectivity index (χ0) is 7.56. The maximum absolute atomic E-state index is 10.4. The molecule has 0 aromatic carbocycles. The maximum Gasteiger partial charge on any atom is 0.309 e. The van der Waals surface area contributed by atoms with Crippen LogP contribution in [0.15, 0.2) is 0 Å². The van der Waals surface area contributed by atoms with Gasteiger partial charge in [0.2, 0.25) is 0 Å². The second-order valence-electron chi connectivity index (χ2n) is 2.63. The van der Waals surface area contributed by atoms with Gasteiger partial charge in [-0.25, -0.2) is 0 Å². The third kappa shape index (κ3) is 1.48. The Labute approximate surface area is 59.7 Å². The number of carboxylic acids is 1. The molecule has 57 valence electrons. The van der Waals surface area contributed by atoms with Gasteiger partial charge in [-0.1, -0.05) is 12.8 Å². The molecule has 1 aliphatic carbocycles. The fraction of sp³-hybridized carbons (Fsp3) is 0.714. The summed E-state index contributed by atoms with van der Waals surface area (Å²) in [4.78, 5) is 10.4. The van der Waals surface area contributed by atoms with Crippen molar-refractivity contribution in [2.24, 2.45) is 5.92 Å². The van der Waals surface area contributed by atoms with Crippen LogP contribution in [0.4, 0.5) is 0 Å². The van der Waals surface area contributed by atoms with Gasteiger partial charge in [0.25, 0.3) is 0 Å². The zero-order valence-corrected chi connectivity index (χ0v) is 5.71. The van der Waals surface area contributed by atoms with E-state index in [4.69, 9.17) is 10.2 Å². The standard InChI is InChI=1S/C7H11O3/c8-6-4-2-1-3-5(6)7(9)10/h5,8H,1-4H2,(H,9,10). The molecule has 1 atom stereocenters. The Hall–Kier alpha value is -0.570. The van der Waals surface area contributed by atoms with Crippen LogP contribution >= 0.6 is 0 Å². The lowest BCUT2D eigenvalue weighted by Gasteiger charge is -2.22. The second kappa shape index (κ2) is 3.01. The van der Waals surface area contributed by atoms with Gasteiger partial charge >= 0.3 is 5.97 Å². The number of carbonyl (C=O) groups is 1. The van der Waals surface area contributed by atoms with Crippen molar-refractivity contribution >= 4 is 5.97 Å². The number of hydrogen-bond donors (Lipinski definition) is 2. The molecular formula is C7H11O3. The minimum Gasteiger partial charge on any atom is -0.481 e. The summed E-state index contributed by atoms with van der Waals surface area (Å²) >= 11 is 0. The molecule has 0 aliphatic heterocycles. The first kappa shape index (κ1) is 7.54. The van der Waals surface area contributed by atoms with Crippen molar-refractivity contribution in [2.45, 2.75) is 25.7 Å². The van der Waals surface area contributed by atoms with Gasteiger partial charge in [-0.15, -0.1) is 0 Å². The monoisotopic (exact) mass is 143 g/mol. The molecule has 0 bridgehead atoms. The lowest BCUT2D eigenvalue weighted by molar-refractivity contribution is -0.143. The molecule has 10 heavy (non-hydrogen) atoms. The minimum absolute atomic E-state index is 0.152. The molecule has 0 aromatic rings. The van der Waals surface area contributed by atoms with E-state index in [2.05, 4.69) is 0 Å². The van der Waals surface area contributed by atoms with Gasteiger partial charge in [0.05, 0.1) is 5.92 Å². The van der Waals surface area contributed by atoms with Gasteiger partial charge in [-0.05, 0) is 12.8 Å². The highest BCUT2D eigenvalue weighted by molar-refractivity contribution is 5.72. The fourth-order valence-electron chi connectivity index (χ4n) is 1.26. The number of rotatable bonds is 1. The Morgan fingerprint density at radius 2 is 2.20 bits per heavy atom. The molecule has 1 radical (unpaired) electrons. The van der Waals surface area contributed by atoms with E-state index >= 15 is 0 Å². The van der Waals surface area contributed by atoms with Crippen molar-refractivity contribution < 1.29 is 15.0 Å². The SMILES string of the molecule is O=C(O)C1CCCC[C]1O. The third-order valence-electron chi connectivity index (χ3n) is 1.88. The van der Waals surface area contributed by atoms with Crippen LogP contribution in [0.25, 0.3) is 0 Å². The van der Waals surface area contributed by atoms with E-state index < -0.39 is 11.9 Å². The van der Waals surface area contributed by atoms with Crippen LogP contribution in [0.1, 0.15) is 25.7 Å². The van der Waals surface area contributed by atoms with Crippen LogP contribution < -0.4 is 0 Å². The van der Waals surface area contributed by atoms with E-state index in [1.54, 1.807) is 0 Å². The first-order valence-corrected chi connectivity index (χ1v) is 3.49. The summed E-state index contributed by atoms with van der Waals surface area (Å²) in [7, 11) is 0. The number of carboxylic acid groups (broad SMARTS) is 1. The zero-order valence-electron chi connectivity index (χ0n) is 5.71. The Morgan fingerprint density at radius 1 is 1.50 bits per heavy atom. The molecule has 0 saturated heterocycles. The average molecular weight is 143 g/mol. The Balaban J connectivity index is 2.47. The molecule has 3 nitrogen and oxygen atoms in total. The number of aliphatic carboxylic acids is 1. The normalized spacial score (nSPS) is 28.3. The van der Waals surface area contributed by atoms with Gasteiger partial charge in [-0.3, -0.25) is 4.79 Å². The van der Waals surface area contributed by atoms with E-state index in [-0.39, 0.29) is 6.10 Å². The van der Waals surface area contributed by atoms with Gasteiger partial charge in [0, 0.05) is 0 Å². The molecule has 0 spiro atoms. The summed E-state index contributed by atoms with van der Waals surface area (Å²) in [6.45, 7) is 0. The number of hydrogen-bond acceptors (Lipinski definition) is 2. The van der Waals surface area contributed by atoms with Crippen LogP contribution in [0, 0.1) is 12.0 Å². The molecule has 3 heteroatoms.